The van der Waals surface area contributed by atoms with Gasteiger partial charge in [0.05, 0.1) is 5.92 Å². The Labute approximate surface area is 106 Å². The third-order valence-corrected chi connectivity index (χ3v) is 3.46. The number of carbonyl (C=O) groups is 3. The van der Waals surface area contributed by atoms with Crippen molar-refractivity contribution in [2.75, 3.05) is 13.1 Å². The summed E-state index contributed by atoms with van der Waals surface area (Å²) in [5, 5.41) is 2.49. The molecule has 0 spiro atoms. The van der Waals surface area contributed by atoms with Gasteiger partial charge in [-0.2, -0.15) is 5.48 Å². The highest BCUT2D eigenvalue weighted by Gasteiger charge is 2.60. The highest BCUT2D eigenvalue weighted by atomic mass is 16.7. The number of carbonyl (C=O) groups excluding carboxylic acids is 3. The minimum absolute atomic E-state index is 0.0420. The van der Waals surface area contributed by atoms with Gasteiger partial charge in [0.25, 0.3) is 0 Å². The second-order valence-corrected chi connectivity index (χ2v) is 4.51. The zero-order valence-corrected chi connectivity index (χ0v) is 11.0. The van der Waals surface area contributed by atoms with E-state index >= 15 is 0 Å². The van der Waals surface area contributed by atoms with Crippen LogP contribution < -0.4 is 10.8 Å². The van der Waals surface area contributed by atoms with Gasteiger partial charge < -0.3 is 10.2 Å². The molecule has 102 valence electrons. The fourth-order valence-electron chi connectivity index (χ4n) is 2.15. The van der Waals surface area contributed by atoms with Crippen molar-refractivity contribution >= 4 is 17.7 Å². The van der Waals surface area contributed by atoms with E-state index in [9.17, 15) is 14.4 Å². The zero-order chi connectivity index (χ0) is 13.8. The Balaban J connectivity index is 2.36. The summed E-state index contributed by atoms with van der Waals surface area (Å²) in [5.74, 6) is -1.05. The molecule has 6 nitrogen and oxygen atoms in total. The van der Waals surface area contributed by atoms with Crippen molar-refractivity contribution in [2.24, 2.45) is 11.3 Å². The van der Waals surface area contributed by atoms with Gasteiger partial charge >= 0.3 is 5.97 Å². The van der Waals surface area contributed by atoms with Crippen LogP contribution in [0.15, 0.2) is 0 Å². The Morgan fingerprint density at radius 1 is 1.33 bits per heavy atom. The van der Waals surface area contributed by atoms with E-state index in [1.165, 1.54) is 6.92 Å². The minimum atomic E-state index is -0.546. The molecule has 6 heteroatoms. The molecule has 0 bridgehead atoms. The fourth-order valence-corrected chi connectivity index (χ4v) is 2.15. The maximum atomic E-state index is 11.8. The number of hydroxylamine groups is 1. The Morgan fingerprint density at radius 2 is 2.00 bits per heavy atom. The van der Waals surface area contributed by atoms with Crippen molar-refractivity contribution in [3.05, 3.63) is 0 Å². The second-order valence-electron chi connectivity index (χ2n) is 4.51. The second kappa shape index (κ2) is 5.95. The van der Waals surface area contributed by atoms with Gasteiger partial charge in [0.15, 0.2) is 0 Å². The van der Waals surface area contributed by atoms with Gasteiger partial charge in [-0.05, 0) is 26.7 Å². The van der Waals surface area contributed by atoms with Crippen LogP contribution in [0, 0.1) is 11.3 Å². The van der Waals surface area contributed by atoms with Crippen molar-refractivity contribution in [3.63, 3.8) is 0 Å². The average molecular weight is 256 g/mol. The first-order chi connectivity index (χ1) is 8.47. The van der Waals surface area contributed by atoms with Crippen LogP contribution in [-0.4, -0.2) is 30.7 Å². The number of rotatable bonds is 7. The summed E-state index contributed by atoms with van der Waals surface area (Å²) < 4.78 is 0. The Hall–Kier alpha value is -1.43. The van der Waals surface area contributed by atoms with E-state index in [1.807, 2.05) is 6.92 Å². The summed E-state index contributed by atoms with van der Waals surface area (Å²) in [6.45, 7) is 5.52. The molecule has 0 saturated heterocycles. The lowest BCUT2D eigenvalue weighted by molar-refractivity contribution is -0.150. The van der Waals surface area contributed by atoms with Crippen LogP contribution in [0.25, 0.3) is 0 Å². The topological polar surface area (TPSA) is 84.5 Å². The molecule has 0 radical (unpaired) electrons. The molecular formula is C12H20N2O4. The third kappa shape index (κ3) is 3.07. The molecule has 1 saturated carbocycles. The third-order valence-electron chi connectivity index (χ3n) is 3.46. The Bertz CT molecular complexity index is 356. The quantitative estimate of drug-likeness (QED) is 0.635. The molecule has 18 heavy (non-hydrogen) atoms. The van der Waals surface area contributed by atoms with Crippen LogP contribution >= 0.6 is 0 Å². The van der Waals surface area contributed by atoms with Crippen LogP contribution in [0.2, 0.25) is 0 Å². The first-order valence-electron chi connectivity index (χ1n) is 6.19. The van der Waals surface area contributed by atoms with Crippen LogP contribution in [0.1, 0.15) is 33.6 Å². The standard InChI is InChI=1S/C12H20N2O4/c1-4-12(8(3)15)6-9(12)11(17)13-7-10(16)18-14-5-2/h9,14H,4-7H2,1-3H3,(H,13,17). The first kappa shape index (κ1) is 14.6. The van der Waals surface area contributed by atoms with Crippen LogP contribution in [0.3, 0.4) is 0 Å². The Morgan fingerprint density at radius 3 is 2.44 bits per heavy atom. The van der Waals surface area contributed by atoms with Crippen LogP contribution in [0.4, 0.5) is 0 Å². The largest absolute Gasteiger partial charge is 0.369 e. The lowest BCUT2D eigenvalue weighted by Crippen LogP contribution is -2.35. The number of hydrogen-bond acceptors (Lipinski definition) is 5. The van der Waals surface area contributed by atoms with E-state index in [2.05, 4.69) is 15.6 Å². The summed E-state index contributed by atoms with van der Waals surface area (Å²) in [6, 6.07) is 0. The molecule has 1 amide bonds. The monoisotopic (exact) mass is 256 g/mol. The van der Waals surface area contributed by atoms with Gasteiger partial charge in [0.2, 0.25) is 5.91 Å². The molecule has 2 unspecified atom stereocenters. The molecule has 1 aliphatic carbocycles. The highest BCUT2D eigenvalue weighted by Crippen LogP contribution is 2.55. The predicted molar refractivity (Wildman–Crippen MR) is 64.3 cm³/mol. The number of ketones is 1. The van der Waals surface area contributed by atoms with Crippen molar-refractivity contribution in [2.45, 2.75) is 33.6 Å². The zero-order valence-electron chi connectivity index (χ0n) is 11.0. The number of Topliss-reactive ketones (excluding diaryl/α,β-unsaturated/α-hetero) is 1. The molecule has 2 atom stereocenters. The van der Waals surface area contributed by atoms with Crippen LogP contribution in [0.5, 0.6) is 0 Å². The molecule has 0 aromatic rings. The average Bonchev–Trinajstić information content (AvgIpc) is 3.09. The summed E-state index contributed by atoms with van der Waals surface area (Å²) in [6.07, 6.45) is 1.23. The van der Waals surface area contributed by atoms with Gasteiger partial charge in [-0.25, -0.2) is 4.79 Å². The minimum Gasteiger partial charge on any atom is -0.369 e. The van der Waals surface area contributed by atoms with Crippen LogP contribution in [-0.2, 0) is 19.2 Å². The predicted octanol–water partition coefficient (Wildman–Crippen LogP) is 0.176. The van der Waals surface area contributed by atoms with E-state index in [0.717, 1.165) is 0 Å². The maximum absolute atomic E-state index is 11.8. The number of amides is 1. The summed E-state index contributed by atoms with van der Waals surface area (Å²) in [4.78, 5) is 39.0. The Kier molecular flexibility index (Phi) is 4.84. The lowest BCUT2D eigenvalue weighted by atomic mass is 9.95. The molecule has 1 aliphatic rings. The van der Waals surface area contributed by atoms with E-state index in [1.54, 1.807) is 6.92 Å². The van der Waals surface area contributed by atoms with E-state index in [4.69, 9.17) is 0 Å². The van der Waals surface area contributed by atoms with E-state index in [0.29, 0.717) is 19.4 Å². The first-order valence-corrected chi connectivity index (χ1v) is 6.19. The normalized spacial score (nSPS) is 25.4. The van der Waals surface area contributed by atoms with Gasteiger partial charge in [-0.3, -0.25) is 9.59 Å². The molecular weight excluding hydrogens is 236 g/mol. The highest BCUT2D eigenvalue weighted by molar-refractivity contribution is 5.96. The molecule has 0 aliphatic heterocycles. The fraction of sp³-hybridized carbons (Fsp3) is 0.750. The molecule has 2 N–H and O–H groups in total. The van der Waals surface area contributed by atoms with Crippen molar-refractivity contribution in [1.82, 2.24) is 10.8 Å². The van der Waals surface area contributed by atoms with E-state index < -0.39 is 11.4 Å². The maximum Gasteiger partial charge on any atom is 0.344 e. The SMILES string of the molecule is CCNOC(=O)CNC(=O)C1CC1(CC)C(C)=O. The molecule has 0 aromatic carbocycles. The van der Waals surface area contributed by atoms with Crippen molar-refractivity contribution < 1.29 is 19.2 Å². The molecule has 0 aromatic heterocycles. The number of hydrogen-bond donors (Lipinski definition) is 2. The van der Waals surface area contributed by atoms with Gasteiger partial charge in [0, 0.05) is 12.0 Å². The van der Waals surface area contributed by atoms with Gasteiger partial charge in [0.1, 0.15) is 12.3 Å². The lowest BCUT2D eigenvalue weighted by Gasteiger charge is -2.10. The van der Waals surface area contributed by atoms with E-state index in [-0.39, 0.29) is 24.2 Å². The molecule has 0 heterocycles. The summed E-state index contributed by atoms with van der Waals surface area (Å²) in [5.41, 5.74) is 1.90. The summed E-state index contributed by atoms with van der Waals surface area (Å²) >= 11 is 0. The van der Waals surface area contributed by atoms with Crippen molar-refractivity contribution in [1.29, 1.82) is 0 Å². The summed E-state index contributed by atoms with van der Waals surface area (Å²) in [7, 11) is 0. The van der Waals surface area contributed by atoms with Crippen molar-refractivity contribution in [3.8, 4) is 0 Å². The molecule has 1 rings (SSSR count). The number of nitrogens with one attached hydrogen (secondary N) is 2. The van der Waals surface area contributed by atoms with Gasteiger partial charge in [-0.15, -0.1) is 0 Å². The van der Waals surface area contributed by atoms with Gasteiger partial charge in [-0.1, -0.05) is 6.92 Å². The molecule has 1 fully saturated rings. The smallest absolute Gasteiger partial charge is 0.344 e.